The number of unbranched alkanes of at least 4 members (excludes halogenated alkanes) is 25. The van der Waals surface area contributed by atoms with Crippen LogP contribution in [0.25, 0.3) is 0 Å². The summed E-state index contributed by atoms with van der Waals surface area (Å²) in [6.45, 7) is 6.27. The fraction of sp³-hybridized carbons (Fsp3) is 0.682. The third kappa shape index (κ3) is 57.0. The molecule has 6 nitrogen and oxygen atoms in total. The first-order valence-corrected chi connectivity index (χ1v) is 29.9. The fourth-order valence-electron chi connectivity index (χ4n) is 8.16. The molecule has 0 aromatic heterocycles. The zero-order valence-electron chi connectivity index (χ0n) is 46.9. The molecule has 6 heteroatoms. The molecule has 0 aliphatic rings. The van der Waals surface area contributed by atoms with Crippen molar-refractivity contribution in [1.29, 1.82) is 0 Å². The number of hydrogen-bond acceptors (Lipinski definition) is 6. The molecule has 0 rings (SSSR count). The Morgan fingerprint density at radius 2 is 0.583 bits per heavy atom. The molecule has 1 unspecified atom stereocenters. The van der Waals surface area contributed by atoms with Crippen LogP contribution in [0, 0.1) is 0 Å². The number of rotatable bonds is 53. The Balaban J connectivity index is 4.03. The molecule has 1 atom stereocenters. The zero-order chi connectivity index (χ0) is 52.2. The third-order valence-corrected chi connectivity index (χ3v) is 12.6. The molecule has 0 aromatic rings. The van der Waals surface area contributed by atoms with E-state index in [9.17, 15) is 14.4 Å². The minimum Gasteiger partial charge on any atom is -0.462 e. The van der Waals surface area contributed by atoms with Gasteiger partial charge in [0, 0.05) is 12.8 Å². The minimum atomic E-state index is -0.827. The molecule has 0 fully saturated rings. The van der Waals surface area contributed by atoms with Crippen LogP contribution < -0.4 is 0 Å². The van der Waals surface area contributed by atoms with E-state index in [1.54, 1.807) is 6.08 Å². The Hall–Kier alpha value is -3.93. The van der Waals surface area contributed by atoms with Crippen LogP contribution in [0.5, 0.6) is 0 Å². The topological polar surface area (TPSA) is 78.9 Å². The molecule has 0 amide bonds. The van der Waals surface area contributed by atoms with Crippen LogP contribution in [0.3, 0.4) is 0 Å². The highest BCUT2D eigenvalue weighted by Crippen LogP contribution is 2.16. The SMILES string of the molecule is CC/C=C\C/C=C\C/C=C\C/C=C\C/C=C\CC(=O)OC(COC(=O)CCCCCCCC)COC(=O)CCCCCCCCCCCCCCCCCCCCCC/C=C\C/C=C\C/C=C\C/C=C\CC. The summed E-state index contributed by atoms with van der Waals surface area (Å²) in [4.78, 5) is 37.8. The maximum atomic E-state index is 12.7. The summed E-state index contributed by atoms with van der Waals surface area (Å²) in [5.41, 5.74) is 0. The van der Waals surface area contributed by atoms with Gasteiger partial charge in [-0.25, -0.2) is 0 Å². The lowest BCUT2D eigenvalue weighted by Crippen LogP contribution is -2.30. The highest BCUT2D eigenvalue weighted by Gasteiger charge is 2.19. The number of carbonyl (C=O) groups excluding carboxylic acids is 3. The highest BCUT2D eigenvalue weighted by atomic mass is 16.6. The van der Waals surface area contributed by atoms with Crippen molar-refractivity contribution in [3.63, 3.8) is 0 Å². The second kappa shape index (κ2) is 59.6. The second-order valence-electron chi connectivity index (χ2n) is 19.5. The number of esters is 3. The van der Waals surface area contributed by atoms with Crippen LogP contribution in [0.15, 0.2) is 109 Å². The van der Waals surface area contributed by atoms with Crippen molar-refractivity contribution >= 4 is 17.9 Å². The Bertz CT molecular complexity index is 1470. The van der Waals surface area contributed by atoms with Crippen LogP contribution in [0.2, 0.25) is 0 Å². The second-order valence-corrected chi connectivity index (χ2v) is 19.5. The first kappa shape index (κ1) is 68.1. The smallest absolute Gasteiger partial charge is 0.310 e. The maximum Gasteiger partial charge on any atom is 0.310 e. The molecule has 0 saturated carbocycles. The van der Waals surface area contributed by atoms with Crippen molar-refractivity contribution in [1.82, 2.24) is 0 Å². The predicted octanol–water partition coefficient (Wildman–Crippen LogP) is 20.3. The van der Waals surface area contributed by atoms with Gasteiger partial charge >= 0.3 is 17.9 Å². The number of allylic oxidation sites excluding steroid dienone is 17. The van der Waals surface area contributed by atoms with Crippen molar-refractivity contribution in [3.8, 4) is 0 Å². The van der Waals surface area contributed by atoms with E-state index in [0.717, 1.165) is 96.3 Å². The summed E-state index contributed by atoms with van der Waals surface area (Å²) in [7, 11) is 0. The van der Waals surface area contributed by atoms with E-state index in [4.69, 9.17) is 14.2 Å². The molecule has 0 aliphatic heterocycles. The summed E-state index contributed by atoms with van der Waals surface area (Å²) in [5, 5.41) is 0. The first-order chi connectivity index (χ1) is 35.5. The average molecular weight is 1000 g/mol. The van der Waals surface area contributed by atoms with E-state index >= 15 is 0 Å². The van der Waals surface area contributed by atoms with Gasteiger partial charge in [-0.1, -0.05) is 278 Å². The van der Waals surface area contributed by atoms with E-state index < -0.39 is 12.1 Å². The summed E-state index contributed by atoms with van der Waals surface area (Å²) in [6, 6.07) is 0. The monoisotopic (exact) mass is 999 g/mol. The Morgan fingerprint density at radius 3 is 0.917 bits per heavy atom. The number of carbonyl (C=O) groups is 3. The van der Waals surface area contributed by atoms with Crippen LogP contribution in [0.4, 0.5) is 0 Å². The van der Waals surface area contributed by atoms with Gasteiger partial charge in [-0.2, -0.15) is 0 Å². The lowest BCUT2D eigenvalue weighted by atomic mass is 10.0. The number of hydrogen-bond donors (Lipinski definition) is 0. The maximum absolute atomic E-state index is 12.7. The van der Waals surface area contributed by atoms with Gasteiger partial charge in [0.1, 0.15) is 13.2 Å². The lowest BCUT2D eigenvalue weighted by molar-refractivity contribution is -0.166. The van der Waals surface area contributed by atoms with Crippen molar-refractivity contribution in [2.45, 2.75) is 277 Å². The summed E-state index contributed by atoms with van der Waals surface area (Å²) in [6.07, 6.45) is 81.7. The third-order valence-electron chi connectivity index (χ3n) is 12.6. The molecule has 0 N–H and O–H groups in total. The predicted molar refractivity (Wildman–Crippen MR) is 311 cm³/mol. The van der Waals surface area contributed by atoms with Gasteiger partial charge in [0.15, 0.2) is 6.10 Å². The lowest BCUT2D eigenvalue weighted by Gasteiger charge is -2.18. The average Bonchev–Trinajstić information content (AvgIpc) is 3.38. The Labute approximate surface area is 444 Å². The standard InChI is InChI=1S/C66H110O6/c1-4-7-10-13-16-18-20-22-24-25-26-27-28-29-30-31-32-33-34-35-36-37-38-39-40-41-43-44-46-48-50-53-56-59-65(68)71-62-63(61-70-64(67)58-55-52-15-12-9-6-3)72-66(69)60-57-54-51-49-47-45-42-23-21-19-17-14-11-8-5-2/h7-8,10-11,16-19,22-24,26-27,42,47,49,54,57,63H,4-6,9,12-15,20-21,25,28-41,43-46,48,50-53,55-56,58-62H2,1-3H3/b10-7-,11-8-,18-16-,19-17-,24-22-,27-26-,42-23-,49-47-,57-54-. The Kier molecular flexibility index (Phi) is 56.4. The van der Waals surface area contributed by atoms with Crippen LogP contribution in [0.1, 0.15) is 271 Å². The highest BCUT2D eigenvalue weighted by molar-refractivity contribution is 5.72. The molecular weight excluding hydrogens is 889 g/mol. The zero-order valence-corrected chi connectivity index (χ0v) is 46.9. The van der Waals surface area contributed by atoms with Crippen LogP contribution in [-0.2, 0) is 28.6 Å². The quantitative estimate of drug-likeness (QED) is 0.0261. The van der Waals surface area contributed by atoms with Crippen molar-refractivity contribution in [2.75, 3.05) is 13.2 Å². The van der Waals surface area contributed by atoms with Gasteiger partial charge in [0.2, 0.25) is 0 Å². The van der Waals surface area contributed by atoms with Gasteiger partial charge in [-0.3, -0.25) is 14.4 Å². The van der Waals surface area contributed by atoms with Gasteiger partial charge in [-0.05, 0) is 83.5 Å². The van der Waals surface area contributed by atoms with Crippen molar-refractivity contribution in [2.24, 2.45) is 0 Å². The fourth-order valence-corrected chi connectivity index (χ4v) is 8.16. The van der Waals surface area contributed by atoms with Gasteiger partial charge in [-0.15, -0.1) is 0 Å². The van der Waals surface area contributed by atoms with Gasteiger partial charge < -0.3 is 14.2 Å². The minimum absolute atomic E-state index is 0.0972. The van der Waals surface area contributed by atoms with E-state index in [1.807, 2.05) is 6.08 Å². The Morgan fingerprint density at radius 1 is 0.306 bits per heavy atom. The van der Waals surface area contributed by atoms with E-state index in [-0.39, 0.29) is 31.6 Å². The van der Waals surface area contributed by atoms with Gasteiger partial charge in [0.05, 0.1) is 6.42 Å². The molecule has 0 heterocycles. The van der Waals surface area contributed by atoms with Gasteiger partial charge in [0.25, 0.3) is 0 Å². The van der Waals surface area contributed by atoms with Crippen LogP contribution >= 0.6 is 0 Å². The molecule has 0 radical (unpaired) electrons. The molecule has 0 bridgehead atoms. The summed E-state index contributed by atoms with van der Waals surface area (Å²) < 4.78 is 16.6. The molecule has 410 valence electrons. The van der Waals surface area contributed by atoms with E-state index in [0.29, 0.717) is 12.8 Å². The summed E-state index contributed by atoms with van der Waals surface area (Å²) in [5.74, 6) is -1.05. The molecule has 72 heavy (non-hydrogen) atoms. The normalized spacial score (nSPS) is 12.9. The molecule has 0 saturated heterocycles. The number of ether oxygens (including phenoxy) is 3. The molecule has 0 aromatic carbocycles. The van der Waals surface area contributed by atoms with Crippen LogP contribution in [-0.4, -0.2) is 37.2 Å². The van der Waals surface area contributed by atoms with E-state index in [2.05, 4.69) is 118 Å². The molecule has 0 aliphatic carbocycles. The molecule has 0 spiro atoms. The largest absolute Gasteiger partial charge is 0.462 e. The van der Waals surface area contributed by atoms with E-state index in [1.165, 1.54) is 135 Å². The van der Waals surface area contributed by atoms with Crippen molar-refractivity contribution < 1.29 is 28.6 Å². The molecular formula is C66H110O6. The first-order valence-electron chi connectivity index (χ1n) is 29.9. The summed E-state index contributed by atoms with van der Waals surface area (Å²) >= 11 is 0. The van der Waals surface area contributed by atoms with Crippen molar-refractivity contribution in [3.05, 3.63) is 109 Å².